The summed E-state index contributed by atoms with van der Waals surface area (Å²) in [5, 5.41) is 13.1. The number of aliphatic hydroxyl groups is 1. The van der Waals surface area contributed by atoms with Gasteiger partial charge < -0.3 is 14.0 Å². The van der Waals surface area contributed by atoms with Crippen LogP contribution in [0.15, 0.2) is 21.3 Å². The molecule has 0 atom stereocenters. The minimum atomic E-state index is -0.212. The second-order valence-electron chi connectivity index (χ2n) is 4.17. The molecule has 0 unspecified atom stereocenters. The molecule has 0 radical (unpaired) electrons. The van der Waals surface area contributed by atoms with Gasteiger partial charge in [-0.25, -0.2) is 0 Å². The summed E-state index contributed by atoms with van der Waals surface area (Å²) >= 11 is 0. The molecule has 2 aromatic heterocycles. The summed E-state index contributed by atoms with van der Waals surface area (Å²) in [6, 6.07) is 1.82. The molecule has 1 aliphatic rings. The molecule has 1 saturated carbocycles. The first kappa shape index (κ1) is 9.59. The maximum atomic E-state index is 9.21. The molecule has 0 saturated heterocycles. The summed E-state index contributed by atoms with van der Waals surface area (Å²) < 4.78 is 10.4. The highest BCUT2D eigenvalue weighted by Crippen LogP contribution is 2.36. The highest BCUT2D eigenvalue weighted by Gasteiger charge is 2.33. The molecule has 0 amide bonds. The van der Waals surface area contributed by atoms with Crippen LogP contribution in [-0.2, 0) is 0 Å². The van der Waals surface area contributed by atoms with Crippen LogP contribution in [0.1, 0.15) is 30.4 Å². The molecule has 1 aliphatic carbocycles. The molecular formula is C11H12N2O3. The van der Waals surface area contributed by atoms with Crippen molar-refractivity contribution in [2.75, 3.05) is 0 Å². The van der Waals surface area contributed by atoms with Gasteiger partial charge in [0.2, 0.25) is 11.7 Å². The Morgan fingerprint density at radius 1 is 1.44 bits per heavy atom. The quantitative estimate of drug-likeness (QED) is 0.836. The third-order valence-corrected chi connectivity index (χ3v) is 3.00. The van der Waals surface area contributed by atoms with E-state index in [9.17, 15) is 5.11 Å². The fraction of sp³-hybridized carbons (Fsp3) is 0.455. The Balaban J connectivity index is 1.86. The average molecular weight is 220 g/mol. The molecule has 5 nitrogen and oxygen atoms in total. The number of hydrogen-bond acceptors (Lipinski definition) is 5. The fourth-order valence-corrected chi connectivity index (χ4v) is 1.92. The van der Waals surface area contributed by atoms with Gasteiger partial charge in [-0.1, -0.05) is 5.16 Å². The maximum absolute atomic E-state index is 9.21. The summed E-state index contributed by atoms with van der Waals surface area (Å²) in [5.41, 5.74) is 0.856. The third kappa shape index (κ3) is 1.44. The Morgan fingerprint density at radius 2 is 2.25 bits per heavy atom. The average Bonchev–Trinajstić information content (AvgIpc) is 2.81. The van der Waals surface area contributed by atoms with E-state index in [-0.39, 0.29) is 12.0 Å². The smallest absolute Gasteiger partial charge is 0.230 e. The standard InChI is InChI=1S/C11H12N2O3/c1-6-9(2-3-15-6)10-12-11(16-13-10)7-4-8(14)5-7/h2-3,7-8,14H,4-5H2,1H3. The summed E-state index contributed by atoms with van der Waals surface area (Å²) in [6.45, 7) is 1.86. The minimum absolute atomic E-state index is 0.212. The van der Waals surface area contributed by atoms with Gasteiger partial charge in [0.1, 0.15) is 5.76 Å². The van der Waals surface area contributed by atoms with Crippen LogP contribution in [0.5, 0.6) is 0 Å². The number of aliphatic hydroxyl groups excluding tert-OH is 1. The molecule has 1 fully saturated rings. The number of aromatic nitrogens is 2. The third-order valence-electron chi connectivity index (χ3n) is 3.00. The van der Waals surface area contributed by atoms with Gasteiger partial charge in [0, 0.05) is 5.92 Å². The summed E-state index contributed by atoms with van der Waals surface area (Å²) in [7, 11) is 0. The van der Waals surface area contributed by atoms with E-state index < -0.39 is 0 Å². The van der Waals surface area contributed by atoms with Crippen LogP contribution in [0.2, 0.25) is 0 Å². The normalized spacial score (nSPS) is 24.4. The van der Waals surface area contributed by atoms with Gasteiger partial charge in [-0.15, -0.1) is 0 Å². The monoisotopic (exact) mass is 220 g/mol. The number of aryl methyl sites for hydroxylation is 1. The van der Waals surface area contributed by atoms with E-state index in [1.807, 2.05) is 13.0 Å². The SMILES string of the molecule is Cc1occc1-c1noc(C2CC(O)C2)n1. The van der Waals surface area contributed by atoms with Crippen molar-refractivity contribution in [1.82, 2.24) is 10.1 Å². The molecule has 2 heterocycles. The molecule has 0 bridgehead atoms. The second-order valence-corrected chi connectivity index (χ2v) is 4.17. The van der Waals surface area contributed by atoms with Crippen molar-refractivity contribution in [2.45, 2.75) is 31.8 Å². The molecule has 0 aromatic carbocycles. The zero-order valence-electron chi connectivity index (χ0n) is 8.88. The van der Waals surface area contributed by atoms with Crippen molar-refractivity contribution >= 4 is 0 Å². The number of rotatable bonds is 2. The van der Waals surface area contributed by atoms with Gasteiger partial charge in [0.15, 0.2) is 0 Å². The van der Waals surface area contributed by atoms with Crippen LogP contribution in [0.3, 0.4) is 0 Å². The van der Waals surface area contributed by atoms with E-state index in [0.717, 1.165) is 11.3 Å². The zero-order chi connectivity index (χ0) is 11.1. The van der Waals surface area contributed by atoms with Crippen molar-refractivity contribution in [1.29, 1.82) is 0 Å². The van der Waals surface area contributed by atoms with Crippen LogP contribution >= 0.6 is 0 Å². The molecule has 2 aromatic rings. The van der Waals surface area contributed by atoms with Crippen LogP contribution in [0.25, 0.3) is 11.4 Å². The predicted octanol–water partition coefficient (Wildman–Crippen LogP) is 1.88. The number of hydrogen-bond donors (Lipinski definition) is 1. The lowest BCUT2D eigenvalue weighted by Gasteiger charge is -2.27. The van der Waals surface area contributed by atoms with Crippen LogP contribution < -0.4 is 0 Å². The van der Waals surface area contributed by atoms with Crippen LogP contribution in [0.4, 0.5) is 0 Å². The number of furan rings is 1. The summed E-state index contributed by atoms with van der Waals surface area (Å²) in [6.07, 6.45) is 2.82. The molecule has 84 valence electrons. The first-order valence-corrected chi connectivity index (χ1v) is 5.30. The lowest BCUT2D eigenvalue weighted by atomic mass is 9.82. The Hall–Kier alpha value is -1.62. The first-order valence-electron chi connectivity index (χ1n) is 5.30. The lowest BCUT2D eigenvalue weighted by molar-refractivity contribution is 0.0625. The zero-order valence-corrected chi connectivity index (χ0v) is 8.88. The van der Waals surface area contributed by atoms with Crippen molar-refractivity contribution in [3.63, 3.8) is 0 Å². The van der Waals surface area contributed by atoms with E-state index >= 15 is 0 Å². The van der Waals surface area contributed by atoms with Crippen LogP contribution in [-0.4, -0.2) is 21.4 Å². The minimum Gasteiger partial charge on any atom is -0.469 e. The largest absolute Gasteiger partial charge is 0.469 e. The molecule has 0 aliphatic heterocycles. The van der Waals surface area contributed by atoms with Gasteiger partial charge in [0.05, 0.1) is 17.9 Å². The topological polar surface area (TPSA) is 72.3 Å². The highest BCUT2D eigenvalue weighted by atomic mass is 16.5. The molecule has 0 spiro atoms. The van der Waals surface area contributed by atoms with Gasteiger partial charge >= 0.3 is 0 Å². The van der Waals surface area contributed by atoms with Crippen molar-refractivity contribution < 1.29 is 14.0 Å². The lowest BCUT2D eigenvalue weighted by Crippen LogP contribution is -2.26. The van der Waals surface area contributed by atoms with E-state index in [0.29, 0.717) is 24.6 Å². The molecule has 3 rings (SSSR count). The van der Waals surface area contributed by atoms with E-state index in [4.69, 9.17) is 8.94 Å². The van der Waals surface area contributed by atoms with E-state index in [1.165, 1.54) is 0 Å². The van der Waals surface area contributed by atoms with Gasteiger partial charge in [-0.05, 0) is 25.8 Å². The molecular weight excluding hydrogens is 208 g/mol. The Bertz CT molecular complexity index is 497. The second kappa shape index (κ2) is 3.45. The molecule has 16 heavy (non-hydrogen) atoms. The maximum Gasteiger partial charge on any atom is 0.230 e. The number of nitrogens with zero attached hydrogens (tertiary/aromatic N) is 2. The van der Waals surface area contributed by atoms with Gasteiger partial charge in [-0.2, -0.15) is 4.98 Å². The van der Waals surface area contributed by atoms with Crippen molar-refractivity contribution in [3.8, 4) is 11.4 Å². The highest BCUT2D eigenvalue weighted by molar-refractivity contribution is 5.56. The van der Waals surface area contributed by atoms with Gasteiger partial charge in [0.25, 0.3) is 0 Å². The predicted molar refractivity (Wildman–Crippen MR) is 54.7 cm³/mol. The fourth-order valence-electron chi connectivity index (χ4n) is 1.92. The van der Waals surface area contributed by atoms with E-state index in [2.05, 4.69) is 10.1 Å². The summed E-state index contributed by atoms with van der Waals surface area (Å²) in [4.78, 5) is 4.32. The Morgan fingerprint density at radius 3 is 2.88 bits per heavy atom. The molecule has 1 N–H and O–H groups in total. The van der Waals surface area contributed by atoms with Gasteiger partial charge in [-0.3, -0.25) is 0 Å². The molecule has 5 heteroatoms. The van der Waals surface area contributed by atoms with E-state index in [1.54, 1.807) is 6.26 Å². The summed E-state index contributed by atoms with van der Waals surface area (Å²) in [5.74, 6) is 2.16. The van der Waals surface area contributed by atoms with Crippen molar-refractivity contribution in [2.24, 2.45) is 0 Å². The first-order chi connectivity index (χ1) is 7.74. The van der Waals surface area contributed by atoms with Crippen LogP contribution in [0, 0.1) is 6.92 Å². The Labute approximate surface area is 92.1 Å². The Kier molecular flexibility index (Phi) is 2.07. The van der Waals surface area contributed by atoms with Crippen molar-refractivity contribution in [3.05, 3.63) is 24.0 Å².